The van der Waals surface area contributed by atoms with Gasteiger partial charge in [0.25, 0.3) is 11.8 Å². The van der Waals surface area contributed by atoms with Gasteiger partial charge in [0.05, 0.1) is 0 Å². The van der Waals surface area contributed by atoms with Crippen LogP contribution >= 0.6 is 0 Å². The van der Waals surface area contributed by atoms with Gasteiger partial charge in [-0.25, -0.2) is 0 Å². The molecule has 0 aromatic heterocycles. The Kier molecular flexibility index (Phi) is 4.64. The van der Waals surface area contributed by atoms with E-state index < -0.39 is 23.6 Å². The summed E-state index contributed by atoms with van der Waals surface area (Å²) >= 11 is 0. The fourth-order valence-corrected chi connectivity index (χ4v) is 2.12. The van der Waals surface area contributed by atoms with E-state index in [0.29, 0.717) is 6.42 Å². The summed E-state index contributed by atoms with van der Waals surface area (Å²) in [4.78, 5) is 37.1. The summed E-state index contributed by atoms with van der Waals surface area (Å²) in [6.45, 7) is 6.75. The molecule has 1 unspecified atom stereocenters. The number of amides is 2. The van der Waals surface area contributed by atoms with E-state index >= 15 is 0 Å². The Morgan fingerprint density at radius 3 is 2.42 bits per heavy atom. The van der Waals surface area contributed by atoms with Crippen molar-refractivity contribution in [3.8, 4) is 0 Å². The van der Waals surface area contributed by atoms with Gasteiger partial charge in [-0.15, -0.1) is 0 Å². The number of imide groups is 1. The van der Waals surface area contributed by atoms with Gasteiger partial charge in [0.1, 0.15) is 17.4 Å². The van der Waals surface area contributed by atoms with E-state index in [-0.39, 0.29) is 17.3 Å². The van der Waals surface area contributed by atoms with Crippen LogP contribution in [0, 0.1) is 5.92 Å². The average Bonchev–Trinajstić information content (AvgIpc) is 2.50. The fraction of sp³-hybridized carbons (Fsp3) is 0.500. The number of likely N-dealkylation sites (tertiary alicyclic amines) is 1. The van der Waals surface area contributed by atoms with E-state index in [9.17, 15) is 19.5 Å². The Morgan fingerprint density at radius 1 is 1.42 bits per heavy atom. The number of Topliss-reactive ketones (excluding diaryl/α,β-unsaturated/α-hetero) is 1. The van der Waals surface area contributed by atoms with Crippen LogP contribution in [0.2, 0.25) is 0 Å². The molecule has 1 rings (SSSR count). The van der Waals surface area contributed by atoms with Gasteiger partial charge in [0.15, 0.2) is 5.78 Å². The quantitative estimate of drug-likeness (QED) is 0.479. The molecule has 5 heteroatoms. The zero-order chi connectivity index (χ0) is 14.7. The standard InChI is InChI=1S/C14H19NO4/c1-5-6-11(17)15-10(7-8(2)3)13(18)12(9(4)16)14(15)19/h5-6,8,10,16H,7H2,1-4H3/b6-5+,12-9-. The monoisotopic (exact) mass is 265 g/mol. The second kappa shape index (κ2) is 5.82. The lowest BCUT2D eigenvalue weighted by molar-refractivity contribution is -0.141. The summed E-state index contributed by atoms with van der Waals surface area (Å²) in [6.07, 6.45) is 3.15. The minimum absolute atomic E-state index is 0.154. The lowest BCUT2D eigenvalue weighted by Crippen LogP contribution is -2.40. The van der Waals surface area contributed by atoms with E-state index in [1.165, 1.54) is 19.1 Å². The molecule has 2 amide bonds. The van der Waals surface area contributed by atoms with Crippen LogP contribution in [-0.4, -0.2) is 33.6 Å². The summed E-state index contributed by atoms with van der Waals surface area (Å²) in [5.41, 5.74) is -0.275. The summed E-state index contributed by atoms with van der Waals surface area (Å²) in [6, 6.07) is -0.812. The van der Waals surface area contributed by atoms with E-state index in [1.54, 1.807) is 6.92 Å². The summed E-state index contributed by atoms with van der Waals surface area (Å²) in [5, 5.41) is 9.46. The number of ketones is 1. The molecule has 0 saturated carbocycles. The van der Waals surface area contributed by atoms with Crippen LogP contribution in [0.5, 0.6) is 0 Å². The Morgan fingerprint density at radius 2 is 2.00 bits per heavy atom. The molecule has 5 nitrogen and oxygen atoms in total. The second-order valence-corrected chi connectivity index (χ2v) is 4.98. The second-order valence-electron chi connectivity index (χ2n) is 4.98. The van der Waals surface area contributed by atoms with Crippen LogP contribution in [0.15, 0.2) is 23.5 Å². The van der Waals surface area contributed by atoms with Crippen molar-refractivity contribution < 1.29 is 19.5 Å². The van der Waals surface area contributed by atoms with Gasteiger partial charge in [0, 0.05) is 0 Å². The largest absolute Gasteiger partial charge is 0.512 e. The Hall–Kier alpha value is -1.91. The molecule has 1 N–H and O–H groups in total. The third-order valence-electron chi connectivity index (χ3n) is 2.90. The Balaban J connectivity index is 3.24. The van der Waals surface area contributed by atoms with E-state index in [4.69, 9.17) is 0 Å². The maximum absolute atomic E-state index is 12.2. The van der Waals surface area contributed by atoms with E-state index in [2.05, 4.69) is 0 Å². The minimum atomic E-state index is -0.812. The van der Waals surface area contributed by atoms with Crippen LogP contribution in [-0.2, 0) is 14.4 Å². The third-order valence-corrected chi connectivity index (χ3v) is 2.90. The molecule has 0 aromatic carbocycles. The van der Waals surface area contributed by atoms with Crippen molar-refractivity contribution in [2.45, 2.75) is 40.2 Å². The van der Waals surface area contributed by atoms with Crippen LogP contribution in [0.4, 0.5) is 0 Å². The predicted octanol–water partition coefficient (Wildman–Crippen LogP) is 1.75. The first-order valence-electron chi connectivity index (χ1n) is 6.25. The lowest BCUT2D eigenvalue weighted by Gasteiger charge is -2.21. The highest BCUT2D eigenvalue weighted by Gasteiger charge is 2.47. The summed E-state index contributed by atoms with van der Waals surface area (Å²) in [5.74, 6) is -1.89. The smallest absolute Gasteiger partial charge is 0.268 e. The SMILES string of the molecule is C/C=C/C(=O)N1C(=O)/C(=C(/C)O)C(=O)C1CC(C)C. The van der Waals surface area contributed by atoms with Crippen molar-refractivity contribution in [2.24, 2.45) is 5.92 Å². The molecule has 0 aromatic rings. The van der Waals surface area contributed by atoms with Crippen LogP contribution < -0.4 is 0 Å². The molecule has 19 heavy (non-hydrogen) atoms. The molecule has 1 fully saturated rings. The number of nitrogens with zero attached hydrogens (tertiary/aromatic N) is 1. The highest BCUT2D eigenvalue weighted by Crippen LogP contribution is 2.27. The molecular weight excluding hydrogens is 246 g/mol. The number of hydrogen-bond donors (Lipinski definition) is 1. The zero-order valence-corrected chi connectivity index (χ0v) is 11.6. The molecule has 0 bridgehead atoms. The van der Waals surface area contributed by atoms with Crippen LogP contribution in [0.25, 0.3) is 0 Å². The normalized spacial score (nSPS) is 22.8. The van der Waals surface area contributed by atoms with Crippen molar-refractivity contribution in [3.63, 3.8) is 0 Å². The number of aliphatic hydroxyl groups is 1. The topological polar surface area (TPSA) is 74.7 Å². The number of carbonyl (C=O) groups excluding carboxylic acids is 3. The lowest BCUT2D eigenvalue weighted by atomic mass is 9.99. The van der Waals surface area contributed by atoms with Gasteiger partial charge in [-0.05, 0) is 32.3 Å². The predicted molar refractivity (Wildman–Crippen MR) is 70.2 cm³/mol. The molecule has 1 atom stereocenters. The van der Waals surface area contributed by atoms with Crippen LogP contribution in [0.1, 0.15) is 34.1 Å². The molecule has 0 aliphatic carbocycles. The van der Waals surface area contributed by atoms with Crippen molar-refractivity contribution in [1.82, 2.24) is 4.90 Å². The highest BCUT2D eigenvalue weighted by atomic mass is 16.3. The van der Waals surface area contributed by atoms with Gasteiger partial charge < -0.3 is 5.11 Å². The highest BCUT2D eigenvalue weighted by molar-refractivity contribution is 6.31. The van der Waals surface area contributed by atoms with Crippen molar-refractivity contribution in [3.05, 3.63) is 23.5 Å². The van der Waals surface area contributed by atoms with E-state index in [1.807, 2.05) is 13.8 Å². The van der Waals surface area contributed by atoms with E-state index in [0.717, 1.165) is 4.90 Å². The number of hydrogen-bond acceptors (Lipinski definition) is 4. The maximum atomic E-state index is 12.2. The number of aliphatic hydroxyl groups excluding tert-OH is 1. The van der Waals surface area contributed by atoms with Crippen LogP contribution in [0.3, 0.4) is 0 Å². The van der Waals surface area contributed by atoms with Gasteiger partial charge in [-0.3, -0.25) is 19.3 Å². The molecule has 0 spiro atoms. The molecule has 1 aliphatic heterocycles. The molecule has 1 aliphatic rings. The number of allylic oxidation sites excluding steroid dienone is 2. The summed E-state index contributed by atoms with van der Waals surface area (Å²) < 4.78 is 0. The average molecular weight is 265 g/mol. The van der Waals surface area contributed by atoms with Gasteiger partial charge >= 0.3 is 0 Å². The fourth-order valence-electron chi connectivity index (χ4n) is 2.12. The van der Waals surface area contributed by atoms with Gasteiger partial charge in [-0.2, -0.15) is 0 Å². The molecule has 1 heterocycles. The maximum Gasteiger partial charge on any atom is 0.268 e. The number of carbonyl (C=O) groups is 3. The molecule has 1 saturated heterocycles. The molecule has 0 radical (unpaired) electrons. The van der Waals surface area contributed by atoms with Crippen molar-refractivity contribution in [2.75, 3.05) is 0 Å². The first-order chi connectivity index (χ1) is 8.81. The zero-order valence-electron chi connectivity index (χ0n) is 11.6. The Labute approximate surface area is 112 Å². The molecule has 104 valence electrons. The molecular formula is C14H19NO4. The van der Waals surface area contributed by atoms with Crippen molar-refractivity contribution in [1.29, 1.82) is 0 Å². The third kappa shape index (κ3) is 2.92. The van der Waals surface area contributed by atoms with Gasteiger partial charge in [0.2, 0.25) is 0 Å². The number of rotatable bonds is 3. The first kappa shape index (κ1) is 15.1. The summed E-state index contributed by atoms with van der Waals surface area (Å²) in [7, 11) is 0. The minimum Gasteiger partial charge on any atom is -0.512 e. The first-order valence-corrected chi connectivity index (χ1v) is 6.25. The van der Waals surface area contributed by atoms with Gasteiger partial charge in [-0.1, -0.05) is 19.9 Å². The van der Waals surface area contributed by atoms with Crippen molar-refractivity contribution >= 4 is 17.6 Å². The Bertz CT molecular complexity index is 470.